The van der Waals surface area contributed by atoms with Gasteiger partial charge in [0.05, 0.1) is 8.60 Å². The molecule has 0 amide bonds. The van der Waals surface area contributed by atoms with Crippen molar-refractivity contribution in [3.63, 3.8) is 0 Å². The molecule has 0 rings (SSSR count). The standard InChI is InChI=1S/C20H39ClS3/c1-4-7-10-13-16-22-19(21)20(23-17-14-11-8-5-2)24-18-15-12-9-6-3/h4-18H2,1-3H3. The molecule has 144 valence electrons. The lowest BCUT2D eigenvalue weighted by Crippen LogP contribution is -1.87. The van der Waals surface area contributed by atoms with Crippen LogP contribution in [0, 0.1) is 0 Å². The van der Waals surface area contributed by atoms with E-state index in [1.165, 1.54) is 98.5 Å². The summed E-state index contributed by atoms with van der Waals surface area (Å²) in [6.45, 7) is 6.82. The zero-order chi connectivity index (χ0) is 17.9. The van der Waals surface area contributed by atoms with Gasteiger partial charge in [-0.3, -0.25) is 0 Å². The van der Waals surface area contributed by atoms with Gasteiger partial charge in [-0.2, -0.15) is 0 Å². The molecule has 0 aliphatic rings. The number of thioether (sulfide) groups is 3. The van der Waals surface area contributed by atoms with Gasteiger partial charge in [0, 0.05) is 0 Å². The van der Waals surface area contributed by atoms with Crippen LogP contribution in [0.3, 0.4) is 0 Å². The van der Waals surface area contributed by atoms with Crippen molar-refractivity contribution >= 4 is 46.9 Å². The lowest BCUT2D eigenvalue weighted by Gasteiger charge is -2.10. The summed E-state index contributed by atoms with van der Waals surface area (Å²) in [5, 5.41) is 0. The molecule has 0 radical (unpaired) electrons. The van der Waals surface area contributed by atoms with Crippen LogP contribution in [-0.4, -0.2) is 17.3 Å². The van der Waals surface area contributed by atoms with Crippen molar-refractivity contribution < 1.29 is 0 Å². The largest absolute Gasteiger partial charge is 0.117 e. The van der Waals surface area contributed by atoms with Crippen LogP contribution >= 0.6 is 46.9 Å². The first kappa shape index (κ1) is 25.1. The highest BCUT2D eigenvalue weighted by Crippen LogP contribution is 2.39. The third-order valence-electron chi connectivity index (χ3n) is 3.85. The second-order valence-electron chi connectivity index (χ2n) is 6.29. The van der Waals surface area contributed by atoms with Crippen molar-refractivity contribution in [2.24, 2.45) is 0 Å². The molecular formula is C20H39ClS3. The van der Waals surface area contributed by atoms with Crippen molar-refractivity contribution in [1.29, 1.82) is 0 Å². The number of hydrogen-bond donors (Lipinski definition) is 0. The molecule has 24 heavy (non-hydrogen) atoms. The van der Waals surface area contributed by atoms with Gasteiger partial charge in [0.2, 0.25) is 0 Å². The van der Waals surface area contributed by atoms with Crippen molar-refractivity contribution in [3.05, 3.63) is 8.60 Å². The van der Waals surface area contributed by atoms with Crippen LogP contribution in [0.1, 0.15) is 97.8 Å². The second kappa shape index (κ2) is 20.4. The number of halogens is 1. The van der Waals surface area contributed by atoms with E-state index in [1.54, 1.807) is 0 Å². The van der Waals surface area contributed by atoms with E-state index < -0.39 is 0 Å². The average molecular weight is 411 g/mol. The van der Waals surface area contributed by atoms with Crippen LogP contribution < -0.4 is 0 Å². The summed E-state index contributed by atoms with van der Waals surface area (Å²) in [4.78, 5) is 0. The summed E-state index contributed by atoms with van der Waals surface area (Å²) < 4.78 is 2.46. The summed E-state index contributed by atoms with van der Waals surface area (Å²) >= 11 is 12.5. The Balaban J connectivity index is 4.16. The molecule has 0 fully saturated rings. The van der Waals surface area contributed by atoms with E-state index in [4.69, 9.17) is 11.6 Å². The minimum atomic E-state index is 1.06. The van der Waals surface area contributed by atoms with Gasteiger partial charge in [-0.25, -0.2) is 0 Å². The van der Waals surface area contributed by atoms with Gasteiger partial charge in [-0.15, -0.1) is 35.3 Å². The number of unbranched alkanes of at least 4 members (excludes halogenated alkanes) is 9. The smallest absolute Gasteiger partial charge is 0.0935 e. The fourth-order valence-electron chi connectivity index (χ4n) is 2.29. The fourth-order valence-corrected chi connectivity index (χ4v) is 6.33. The SMILES string of the molecule is CCCCCCSC(Cl)=C(SCCCCCC)SCCCCCC. The highest BCUT2D eigenvalue weighted by molar-refractivity contribution is 8.23. The molecule has 0 aromatic carbocycles. The first-order valence-corrected chi connectivity index (χ1v) is 13.4. The summed E-state index contributed by atoms with van der Waals surface area (Å²) in [6.07, 6.45) is 16.0. The molecule has 0 saturated heterocycles. The molecular weight excluding hydrogens is 372 g/mol. The maximum absolute atomic E-state index is 6.64. The molecule has 0 aliphatic heterocycles. The Morgan fingerprint density at radius 3 is 1.29 bits per heavy atom. The molecule has 4 heteroatoms. The van der Waals surface area contributed by atoms with Crippen molar-refractivity contribution in [2.45, 2.75) is 97.8 Å². The van der Waals surface area contributed by atoms with Gasteiger partial charge in [-0.05, 0) is 36.5 Å². The summed E-state index contributed by atoms with van der Waals surface area (Å²) in [5.74, 6) is 3.63. The predicted molar refractivity (Wildman–Crippen MR) is 123 cm³/mol. The topological polar surface area (TPSA) is 0 Å². The van der Waals surface area contributed by atoms with E-state index >= 15 is 0 Å². The predicted octanol–water partition coefficient (Wildman–Crippen LogP) is 9.29. The third kappa shape index (κ3) is 16.5. The Kier molecular flexibility index (Phi) is 21.3. The highest BCUT2D eigenvalue weighted by atomic mass is 35.5. The zero-order valence-corrected chi connectivity index (χ0v) is 19.4. The van der Waals surface area contributed by atoms with Crippen LogP contribution in [0.25, 0.3) is 0 Å². The molecule has 0 unspecified atom stereocenters. The molecule has 0 N–H and O–H groups in total. The van der Waals surface area contributed by atoms with E-state index in [-0.39, 0.29) is 0 Å². The average Bonchev–Trinajstić information content (AvgIpc) is 2.59. The molecule has 0 atom stereocenters. The highest BCUT2D eigenvalue weighted by Gasteiger charge is 2.08. The lowest BCUT2D eigenvalue weighted by molar-refractivity contribution is 0.706. The van der Waals surface area contributed by atoms with E-state index in [9.17, 15) is 0 Å². The molecule has 0 saturated carbocycles. The molecule has 0 aromatic heterocycles. The normalized spacial score (nSPS) is 11.0. The van der Waals surface area contributed by atoms with Crippen LogP contribution in [0.15, 0.2) is 8.60 Å². The summed E-state index contributed by atoms with van der Waals surface area (Å²) in [7, 11) is 0. The molecule has 0 heterocycles. The van der Waals surface area contributed by atoms with Crippen molar-refractivity contribution in [2.75, 3.05) is 17.3 Å². The summed E-state index contributed by atoms with van der Waals surface area (Å²) in [6, 6.07) is 0. The Morgan fingerprint density at radius 1 is 0.542 bits per heavy atom. The van der Waals surface area contributed by atoms with Crippen LogP contribution in [0.4, 0.5) is 0 Å². The summed E-state index contributed by atoms with van der Waals surface area (Å²) in [5.41, 5.74) is 0. The molecule has 0 aromatic rings. The molecule has 0 spiro atoms. The van der Waals surface area contributed by atoms with E-state index in [0.29, 0.717) is 0 Å². The molecule has 0 bridgehead atoms. The van der Waals surface area contributed by atoms with E-state index in [0.717, 1.165) is 4.36 Å². The third-order valence-corrected chi connectivity index (χ3v) is 8.42. The molecule has 0 aliphatic carbocycles. The Labute approximate surface area is 170 Å². The van der Waals surface area contributed by atoms with Crippen LogP contribution in [-0.2, 0) is 0 Å². The van der Waals surface area contributed by atoms with Gasteiger partial charge < -0.3 is 0 Å². The number of rotatable bonds is 18. The molecule has 0 nitrogen and oxygen atoms in total. The minimum absolute atomic E-state index is 1.06. The maximum atomic E-state index is 6.64. The monoisotopic (exact) mass is 410 g/mol. The van der Waals surface area contributed by atoms with Crippen molar-refractivity contribution in [3.8, 4) is 0 Å². The van der Waals surface area contributed by atoms with Crippen LogP contribution in [0.5, 0.6) is 0 Å². The van der Waals surface area contributed by atoms with Gasteiger partial charge in [0.25, 0.3) is 0 Å². The Morgan fingerprint density at radius 2 is 0.917 bits per heavy atom. The quantitative estimate of drug-likeness (QED) is 0.206. The minimum Gasteiger partial charge on any atom is -0.117 e. The van der Waals surface area contributed by atoms with Gasteiger partial charge >= 0.3 is 0 Å². The van der Waals surface area contributed by atoms with E-state index in [2.05, 4.69) is 20.8 Å². The maximum Gasteiger partial charge on any atom is 0.0935 e. The lowest BCUT2D eigenvalue weighted by atomic mass is 10.2. The van der Waals surface area contributed by atoms with Gasteiger partial charge in [0.1, 0.15) is 0 Å². The van der Waals surface area contributed by atoms with Gasteiger partial charge in [-0.1, -0.05) is 90.2 Å². The van der Waals surface area contributed by atoms with Gasteiger partial charge in [0.15, 0.2) is 0 Å². The fraction of sp³-hybridized carbons (Fsp3) is 0.900. The zero-order valence-electron chi connectivity index (χ0n) is 16.2. The van der Waals surface area contributed by atoms with Crippen LogP contribution in [0.2, 0.25) is 0 Å². The number of hydrogen-bond acceptors (Lipinski definition) is 3. The van der Waals surface area contributed by atoms with Crippen molar-refractivity contribution in [1.82, 2.24) is 0 Å². The Bertz CT molecular complexity index is 277. The first-order chi connectivity index (χ1) is 11.8. The Hall–Kier alpha value is 1.08. The first-order valence-electron chi connectivity index (χ1n) is 10.0. The van der Waals surface area contributed by atoms with E-state index in [1.807, 2.05) is 35.3 Å². The second-order valence-corrected chi connectivity index (χ2v) is 10.5.